The highest BCUT2D eigenvalue weighted by Gasteiger charge is 2.54. The molecule has 2 atom stereocenters. The molecule has 20 heavy (non-hydrogen) atoms. The number of hydrogen-bond acceptors (Lipinski definition) is 3. The van der Waals surface area contributed by atoms with E-state index in [1.807, 2.05) is 44.2 Å². The van der Waals surface area contributed by atoms with E-state index in [1.165, 1.54) is 0 Å². The van der Waals surface area contributed by atoms with Crippen LogP contribution in [0.25, 0.3) is 0 Å². The van der Waals surface area contributed by atoms with Gasteiger partial charge in [-0.15, -0.1) is 0 Å². The van der Waals surface area contributed by atoms with Crippen molar-refractivity contribution < 1.29 is 14.6 Å². The Balaban J connectivity index is 2.42. The molecule has 0 aliphatic heterocycles. The summed E-state index contributed by atoms with van der Waals surface area (Å²) in [4.78, 5) is 12.4. The van der Waals surface area contributed by atoms with E-state index in [0.29, 0.717) is 6.61 Å². The number of esters is 1. The summed E-state index contributed by atoms with van der Waals surface area (Å²) in [6.07, 6.45) is 1.93. The fraction of sp³-hybridized carbons (Fsp3) is 0.588. The lowest BCUT2D eigenvalue weighted by Gasteiger charge is -2.38. The second kappa shape index (κ2) is 5.96. The molecule has 0 bridgehead atoms. The van der Waals surface area contributed by atoms with E-state index in [0.717, 1.165) is 18.4 Å². The molecule has 1 aromatic carbocycles. The van der Waals surface area contributed by atoms with Crippen LogP contribution in [0.15, 0.2) is 30.3 Å². The molecule has 1 fully saturated rings. The Morgan fingerprint density at radius 3 is 2.40 bits per heavy atom. The van der Waals surface area contributed by atoms with Crippen molar-refractivity contribution in [1.29, 1.82) is 0 Å². The maximum Gasteiger partial charge on any atom is 0.312 e. The minimum atomic E-state index is -1.11. The first-order valence-corrected chi connectivity index (χ1v) is 7.46. The van der Waals surface area contributed by atoms with Crippen molar-refractivity contribution in [2.45, 2.75) is 39.2 Å². The van der Waals surface area contributed by atoms with E-state index in [4.69, 9.17) is 4.74 Å². The van der Waals surface area contributed by atoms with Crippen LogP contribution in [-0.2, 0) is 15.1 Å². The zero-order valence-electron chi connectivity index (χ0n) is 12.5. The van der Waals surface area contributed by atoms with Gasteiger partial charge in [0.2, 0.25) is 0 Å². The van der Waals surface area contributed by atoms with Gasteiger partial charge in [-0.05, 0) is 37.2 Å². The molecule has 1 saturated carbocycles. The Morgan fingerprint density at radius 2 is 1.95 bits per heavy atom. The van der Waals surface area contributed by atoms with Gasteiger partial charge in [-0.1, -0.05) is 44.2 Å². The number of rotatable bonds is 6. The molecule has 0 saturated heterocycles. The highest BCUT2D eigenvalue weighted by atomic mass is 16.5. The van der Waals surface area contributed by atoms with Gasteiger partial charge in [0.05, 0.1) is 12.5 Å². The normalized spacial score (nSPS) is 19.4. The minimum Gasteiger partial charge on any atom is -0.466 e. The molecule has 2 unspecified atom stereocenters. The van der Waals surface area contributed by atoms with Crippen LogP contribution < -0.4 is 0 Å². The van der Waals surface area contributed by atoms with Gasteiger partial charge in [0.25, 0.3) is 0 Å². The molecule has 1 aliphatic carbocycles. The van der Waals surface area contributed by atoms with E-state index in [9.17, 15) is 9.90 Å². The summed E-state index contributed by atoms with van der Waals surface area (Å²) in [5.41, 5.74) is -0.281. The molecular formula is C17H24O3. The van der Waals surface area contributed by atoms with Crippen LogP contribution >= 0.6 is 0 Å². The molecule has 1 aromatic rings. The fourth-order valence-electron chi connectivity index (χ4n) is 3.09. The molecule has 3 nitrogen and oxygen atoms in total. The van der Waals surface area contributed by atoms with Gasteiger partial charge in [0.1, 0.15) is 5.60 Å². The Morgan fingerprint density at radius 1 is 1.35 bits per heavy atom. The smallest absolute Gasteiger partial charge is 0.312 e. The molecule has 0 heterocycles. The van der Waals surface area contributed by atoms with Crippen molar-refractivity contribution in [2.75, 3.05) is 6.61 Å². The van der Waals surface area contributed by atoms with Crippen LogP contribution in [0.3, 0.4) is 0 Å². The lowest BCUT2D eigenvalue weighted by atomic mass is 9.72. The Bertz CT molecular complexity index is 451. The molecule has 110 valence electrons. The van der Waals surface area contributed by atoms with Gasteiger partial charge in [0.15, 0.2) is 0 Å². The summed E-state index contributed by atoms with van der Waals surface area (Å²) in [5.74, 6) is -0.625. The molecule has 0 spiro atoms. The van der Waals surface area contributed by atoms with Gasteiger partial charge in [-0.2, -0.15) is 0 Å². The fourth-order valence-corrected chi connectivity index (χ4v) is 3.09. The topological polar surface area (TPSA) is 46.5 Å². The van der Waals surface area contributed by atoms with Crippen molar-refractivity contribution in [3.8, 4) is 0 Å². The monoisotopic (exact) mass is 276 g/mol. The van der Waals surface area contributed by atoms with Crippen LogP contribution in [0.1, 0.15) is 39.2 Å². The quantitative estimate of drug-likeness (QED) is 0.812. The lowest BCUT2D eigenvalue weighted by molar-refractivity contribution is -0.165. The van der Waals surface area contributed by atoms with Gasteiger partial charge in [0, 0.05) is 0 Å². The zero-order valence-corrected chi connectivity index (χ0v) is 12.5. The first-order chi connectivity index (χ1) is 9.51. The molecular weight excluding hydrogens is 252 g/mol. The number of carbonyl (C=O) groups excluding carboxylic acids is 1. The zero-order chi connectivity index (χ0) is 14.8. The third-order valence-electron chi connectivity index (χ3n) is 4.12. The van der Waals surface area contributed by atoms with Gasteiger partial charge in [-0.3, -0.25) is 4.79 Å². The maximum absolute atomic E-state index is 12.4. The second-order valence-corrected chi connectivity index (χ2v) is 5.94. The first kappa shape index (κ1) is 15.0. The summed E-state index contributed by atoms with van der Waals surface area (Å²) < 4.78 is 5.21. The number of benzene rings is 1. The summed E-state index contributed by atoms with van der Waals surface area (Å²) in [6, 6.07) is 9.56. The van der Waals surface area contributed by atoms with Crippen molar-refractivity contribution in [1.82, 2.24) is 0 Å². The van der Waals surface area contributed by atoms with E-state index < -0.39 is 11.5 Å². The Labute approximate surface area is 121 Å². The van der Waals surface area contributed by atoms with E-state index in [1.54, 1.807) is 6.92 Å². The predicted octanol–water partition coefficient (Wildman–Crippen LogP) is 3.12. The lowest BCUT2D eigenvalue weighted by Crippen LogP contribution is -2.45. The van der Waals surface area contributed by atoms with Crippen LogP contribution in [0.5, 0.6) is 0 Å². The SMILES string of the molecule is CCOC(=O)C(C(C)C)C(O)(c1ccccc1)C1CC1. The Hall–Kier alpha value is -1.35. The number of carbonyl (C=O) groups is 1. The standard InChI is InChI=1S/C17H24O3/c1-4-20-16(18)15(12(2)3)17(19,14-10-11-14)13-8-6-5-7-9-13/h5-9,12,14-15,19H,4,10-11H2,1-3H3. The Kier molecular flexibility index (Phi) is 4.48. The van der Waals surface area contributed by atoms with Gasteiger partial charge >= 0.3 is 5.97 Å². The maximum atomic E-state index is 12.4. The molecule has 1 N–H and O–H groups in total. The summed E-state index contributed by atoms with van der Waals surface area (Å²) in [6.45, 7) is 6.08. The molecule has 0 aromatic heterocycles. The average Bonchev–Trinajstić information content (AvgIpc) is 3.24. The number of aliphatic hydroxyl groups is 1. The second-order valence-electron chi connectivity index (χ2n) is 5.94. The predicted molar refractivity (Wildman–Crippen MR) is 78.0 cm³/mol. The molecule has 3 heteroatoms. The summed E-state index contributed by atoms with van der Waals surface area (Å²) >= 11 is 0. The van der Waals surface area contributed by atoms with Crippen LogP contribution in [0.2, 0.25) is 0 Å². The van der Waals surface area contributed by atoms with Crippen LogP contribution in [0.4, 0.5) is 0 Å². The molecule has 0 radical (unpaired) electrons. The largest absolute Gasteiger partial charge is 0.466 e. The molecule has 1 aliphatic rings. The minimum absolute atomic E-state index is 0.0276. The van der Waals surface area contributed by atoms with Crippen molar-refractivity contribution >= 4 is 5.97 Å². The molecule has 0 amide bonds. The highest BCUT2D eigenvalue weighted by Crippen LogP contribution is 2.52. The molecule has 2 rings (SSSR count). The van der Waals surface area contributed by atoms with Crippen LogP contribution in [-0.4, -0.2) is 17.7 Å². The van der Waals surface area contributed by atoms with Crippen molar-refractivity contribution in [2.24, 2.45) is 17.8 Å². The number of ether oxygens (including phenoxy) is 1. The average molecular weight is 276 g/mol. The highest BCUT2D eigenvalue weighted by molar-refractivity contribution is 5.75. The number of hydrogen-bond donors (Lipinski definition) is 1. The van der Waals surface area contributed by atoms with Crippen molar-refractivity contribution in [3.63, 3.8) is 0 Å². The third kappa shape index (κ3) is 2.73. The van der Waals surface area contributed by atoms with E-state index >= 15 is 0 Å². The van der Waals surface area contributed by atoms with E-state index in [-0.39, 0.29) is 17.8 Å². The van der Waals surface area contributed by atoms with Crippen LogP contribution in [0, 0.1) is 17.8 Å². The summed E-state index contributed by atoms with van der Waals surface area (Å²) in [7, 11) is 0. The third-order valence-corrected chi connectivity index (χ3v) is 4.12. The summed E-state index contributed by atoms with van der Waals surface area (Å²) in [5, 5.41) is 11.3. The van der Waals surface area contributed by atoms with Crippen molar-refractivity contribution in [3.05, 3.63) is 35.9 Å². The van der Waals surface area contributed by atoms with Gasteiger partial charge < -0.3 is 9.84 Å². The first-order valence-electron chi connectivity index (χ1n) is 7.46. The van der Waals surface area contributed by atoms with E-state index in [2.05, 4.69) is 0 Å². The van der Waals surface area contributed by atoms with Gasteiger partial charge in [-0.25, -0.2) is 0 Å².